The van der Waals surface area contributed by atoms with Gasteiger partial charge in [0.15, 0.2) is 11.5 Å². The Labute approximate surface area is 120 Å². The molecule has 111 valence electrons. The molecule has 0 N–H and O–H groups in total. The van der Waals surface area contributed by atoms with E-state index in [2.05, 4.69) is 11.8 Å². The molecule has 5 nitrogen and oxygen atoms in total. The zero-order chi connectivity index (χ0) is 14.4. The maximum absolute atomic E-state index is 5.83. The third kappa shape index (κ3) is 3.77. The van der Waals surface area contributed by atoms with E-state index < -0.39 is 0 Å². The first-order valence-corrected chi connectivity index (χ1v) is 6.75. The van der Waals surface area contributed by atoms with Crippen LogP contribution in [0.15, 0.2) is 12.1 Å². The lowest BCUT2D eigenvalue weighted by Gasteiger charge is -2.26. The number of rotatable bonds is 6. The van der Waals surface area contributed by atoms with E-state index in [-0.39, 0.29) is 0 Å². The maximum atomic E-state index is 5.83. The van der Waals surface area contributed by atoms with Crippen molar-refractivity contribution in [1.82, 2.24) is 4.90 Å². The van der Waals surface area contributed by atoms with E-state index in [9.17, 15) is 0 Å². The quantitative estimate of drug-likeness (QED) is 0.791. The van der Waals surface area contributed by atoms with Gasteiger partial charge in [-0.3, -0.25) is 4.90 Å². The van der Waals surface area contributed by atoms with Crippen LogP contribution in [0.25, 0.3) is 0 Å². The van der Waals surface area contributed by atoms with Crippen LogP contribution in [-0.4, -0.2) is 58.6 Å². The second-order valence-corrected chi connectivity index (χ2v) is 4.63. The highest BCUT2D eigenvalue weighted by molar-refractivity contribution is 5.54. The van der Waals surface area contributed by atoms with Crippen molar-refractivity contribution in [3.63, 3.8) is 0 Å². The predicted octanol–water partition coefficient (Wildman–Crippen LogP) is 1.60. The molecule has 0 amide bonds. The third-order valence-electron chi connectivity index (χ3n) is 3.27. The lowest BCUT2D eigenvalue weighted by molar-refractivity contribution is 0.0321. The van der Waals surface area contributed by atoms with Gasteiger partial charge >= 0.3 is 0 Å². The van der Waals surface area contributed by atoms with Crippen LogP contribution in [0.3, 0.4) is 0 Å². The fourth-order valence-corrected chi connectivity index (χ4v) is 2.20. The van der Waals surface area contributed by atoms with Gasteiger partial charge in [-0.2, -0.15) is 0 Å². The van der Waals surface area contributed by atoms with Crippen molar-refractivity contribution in [2.45, 2.75) is 0 Å². The lowest BCUT2D eigenvalue weighted by atomic mass is 10.2. The Kier molecular flexibility index (Phi) is 5.49. The summed E-state index contributed by atoms with van der Waals surface area (Å²) in [5.74, 6) is 1.92. The van der Waals surface area contributed by atoms with Crippen LogP contribution in [-0.2, 0) is 4.74 Å². The fourth-order valence-electron chi connectivity index (χ4n) is 2.20. The van der Waals surface area contributed by atoms with Crippen molar-refractivity contribution in [1.29, 1.82) is 0 Å². The van der Waals surface area contributed by atoms with Crippen LogP contribution >= 0.6 is 0 Å². The van der Waals surface area contributed by atoms with Crippen LogP contribution < -0.4 is 14.2 Å². The van der Waals surface area contributed by atoms with Gasteiger partial charge in [-0.15, -0.1) is 0 Å². The zero-order valence-electron chi connectivity index (χ0n) is 12.2. The largest absolute Gasteiger partial charge is 0.493 e. The first kappa shape index (κ1) is 14.9. The SMILES string of the molecule is [CH2]c1cc(OC)c(OC)c(OCCN2CCOCC2)c1. The second-order valence-electron chi connectivity index (χ2n) is 4.63. The minimum atomic E-state index is 0.600. The standard InChI is InChI=1S/C15H22NO4/c1-12-10-13(17-2)15(18-3)14(11-12)20-9-6-16-4-7-19-8-5-16/h10-11H,1,4-9H2,2-3H3. The molecule has 0 saturated carbocycles. The summed E-state index contributed by atoms with van der Waals surface area (Å²) in [7, 11) is 3.21. The Bertz CT molecular complexity index is 430. The van der Waals surface area contributed by atoms with E-state index in [1.54, 1.807) is 14.2 Å². The molecule has 2 rings (SSSR count). The Morgan fingerprint density at radius 1 is 1.15 bits per heavy atom. The third-order valence-corrected chi connectivity index (χ3v) is 3.27. The minimum Gasteiger partial charge on any atom is -0.493 e. The average molecular weight is 280 g/mol. The number of benzene rings is 1. The van der Waals surface area contributed by atoms with Crippen LogP contribution in [0.1, 0.15) is 5.56 Å². The molecule has 20 heavy (non-hydrogen) atoms. The minimum absolute atomic E-state index is 0.600. The zero-order valence-corrected chi connectivity index (χ0v) is 12.2. The molecule has 1 aliphatic heterocycles. The van der Waals surface area contributed by atoms with E-state index in [0.717, 1.165) is 38.4 Å². The van der Waals surface area contributed by atoms with Crippen LogP contribution in [0.5, 0.6) is 17.2 Å². The highest BCUT2D eigenvalue weighted by Gasteiger charge is 2.14. The molecular formula is C15H22NO4. The molecule has 0 atom stereocenters. The predicted molar refractivity (Wildman–Crippen MR) is 76.8 cm³/mol. The van der Waals surface area contributed by atoms with Crippen molar-refractivity contribution in [2.75, 3.05) is 53.7 Å². The summed E-state index contributed by atoms with van der Waals surface area (Å²) in [6, 6.07) is 3.69. The van der Waals surface area contributed by atoms with Gasteiger partial charge in [-0.1, -0.05) is 0 Å². The summed E-state index contributed by atoms with van der Waals surface area (Å²) in [6.07, 6.45) is 0. The number of nitrogens with zero attached hydrogens (tertiary/aromatic N) is 1. The molecule has 0 spiro atoms. The first-order valence-electron chi connectivity index (χ1n) is 6.75. The molecule has 1 radical (unpaired) electrons. The molecule has 1 aromatic carbocycles. The van der Waals surface area contributed by atoms with Gasteiger partial charge in [0.05, 0.1) is 27.4 Å². The van der Waals surface area contributed by atoms with Crippen molar-refractivity contribution in [3.8, 4) is 17.2 Å². The summed E-state index contributed by atoms with van der Waals surface area (Å²) in [5, 5.41) is 0. The highest BCUT2D eigenvalue weighted by Crippen LogP contribution is 2.38. The molecule has 5 heteroatoms. The highest BCUT2D eigenvalue weighted by atomic mass is 16.5. The Hall–Kier alpha value is -1.46. The van der Waals surface area contributed by atoms with E-state index in [4.69, 9.17) is 18.9 Å². The van der Waals surface area contributed by atoms with Crippen molar-refractivity contribution < 1.29 is 18.9 Å². The van der Waals surface area contributed by atoms with Crippen molar-refractivity contribution >= 4 is 0 Å². The first-order chi connectivity index (χ1) is 9.74. The molecule has 0 unspecified atom stereocenters. The topological polar surface area (TPSA) is 40.2 Å². The molecular weight excluding hydrogens is 258 g/mol. The van der Waals surface area contributed by atoms with E-state index in [0.29, 0.717) is 23.9 Å². The summed E-state index contributed by atoms with van der Waals surface area (Å²) < 4.78 is 21.8. The monoisotopic (exact) mass is 280 g/mol. The fraction of sp³-hybridized carbons (Fsp3) is 0.533. The lowest BCUT2D eigenvalue weighted by Crippen LogP contribution is -2.38. The van der Waals surface area contributed by atoms with Gasteiger partial charge in [0, 0.05) is 19.6 Å². The van der Waals surface area contributed by atoms with Crippen molar-refractivity contribution in [3.05, 3.63) is 24.6 Å². The number of hydrogen-bond acceptors (Lipinski definition) is 5. The van der Waals surface area contributed by atoms with Crippen LogP contribution in [0.4, 0.5) is 0 Å². The molecule has 0 aliphatic carbocycles. The Morgan fingerprint density at radius 2 is 1.85 bits per heavy atom. The molecule has 0 bridgehead atoms. The number of morpholine rings is 1. The number of ether oxygens (including phenoxy) is 4. The maximum Gasteiger partial charge on any atom is 0.203 e. The molecule has 0 aromatic heterocycles. The van der Waals surface area contributed by atoms with Gasteiger partial charge in [0.1, 0.15) is 6.61 Å². The van der Waals surface area contributed by atoms with Gasteiger partial charge in [-0.25, -0.2) is 0 Å². The normalized spacial score (nSPS) is 15.9. The van der Waals surface area contributed by atoms with E-state index in [1.807, 2.05) is 12.1 Å². The summed E-state index contributed by atoms with van der Waals surface area (Å²) in [4.78, 5) is 2.32. The smallest absolute Gasteiger partial charge is 0.203 e. The van der Waals surface area contributed by atoms with Gasteiger partial charge in [-0.05, 0) is 24.6 Å². The molecule has 1 aromatic rings. The molecule has 1 heterocycles. The molecule has 1 aliphatic rings. The summed E-state index contributed by atoms with van der Waals surface area (Å²) in [6.45, 7) is 8.90. The van der Waals surface area contributed by atoms with Crippen molar-refractivity contribution in [2.24, 2.45) is 0 Å². The Balaban J connectivity index is 1.95. The average Bonchev–Trinajstić information content (AvgIpc) is 2.47. The van der Waals surface area contributed by atoms with Crippen LogP contribution in [0.2, 0.25) is 0 Å². The van der Waals surface area contributed by atoms with Crippen LogP contribution in [0, 0.1) is 6.92 Å². The van der Waals surface area contributed by atoms with Gasteiger partial charge < -0.3 is 18.9 Å². The molecule has 1 fully saturated rings. The van der Waals surface area contributed by atoms with E-state index >= 15 is 0 Å². The number of hydrogen-bond donors (Lipinski definition) is 0. The molecule has 1 saturated heterocycles. The second kappa shape index (κ2) is 7.36. The summed E-state index contributed by atoms with van der Waals surface area (Å²) >= 11 is 0. The number of methoxy groups -OCH3 is 2. The van der Waals surface area contributed by atoms with Gasteiger partial charge in [0.2, 0.25) is 5.75 Å². The van der Waals surface area contributed by atoms with Gasteiger partial charge in [0.25, 0.3) is 0 Å². The van der Waals surface area contributed by atoms with E-state index in [1.165, 1.54) is 0 Å². The Morgan fingerprint density at radius 3 is 2.50 bits per heavy atom. The summed E-state index contributed by atoms with van der Waals surface area (Å²) in [5.41, 5.74) is 0.837.